The first kappa shape index (κ1) is 13.0. The van der Waals surface area contributed by atoms with Crippen molar-refractivity contribution in [1.29, 1.82) is 0 Å². The fourth-order valence-corrected chi connectivity index (χ4v) is 2.62. The second-order valence-corrected chi connectivity index (χ2v) is 4.84. The van der Waals surface area contributed by atoms with Crippen molar-refractivity contribution in [2.75, 3.05) is 0 Å². The van der Waals surface area contributed by atoms with Crippen molar-refractivity contribution in [3.05, 3.63) is 40.0 Å². The van der Waals surface area contributed by atoms with Gasteiger partial charge >= 0.3 is 0 Å². The highest BCUT2D eigenvalue weighted by Gasteiger charge is 2.16. The Kier molecular flexibility index (Phi) is 3.96. The molecule has 1 atom stereocenters. The van der Waals surface area contributed by atoms with Crippen LogP contribution in [0.1, 0.15) is 59.6 Å². The molecule has 0 fully saturated rings. The summed E-state index contributed by atoms with van der Waals surface area (Å²) in [5.74, 6) is 0.649. The quantitative estimate of drug-likeness (QED) is 0.661. The predicted molar refractivity (Wildman–Crippen MR) is 74.2 cm³/mol. The van der Waals surface area contributed by atoms with Crippen LogP contribution in [0.3, 0.4) is 0 Å². The molecule has 88 valence electrons. The molecule has 0 saturated carbocycles. The van der Waals surface area contributed by atoms with Gasteiger partial charge in [0, 0.05) is 0 Å². The van der Waals surface area contributed by atoms with E-state index < -0.39 is 0 Å². The molecule has 16 heavy (non-hydrogen) atoms. The Bertz CT molecular complexity index is 382. The summed E-state index contributed by atoms with van der Waals surface area (Å²) in [5, 5.41) is 0. The summed E-state index contributed by atoms with van der Waals surface area (Å²) in [7, 11) is 0. The van der Waals surface area contributed by atoms with E-state index in [1.165, 1.54) is 34.2 Å². The van der Waals surface area contributed by atoms with Gasteiger partial charge in [0.15, 0.2) is 0 Å². The normalized spacial score (nSPS) is 12.6. The molecule has 0 saturated heterocycles. The lowest BCUT2D eigenvalue weighted by Crippen LogP contribution is -2.05. The average Bonchev–Trinajstić information content (AvgIpc) is 2.27. The maximum Gasteiger partial charge on any atom is -0.0188 e. The van der Waals surface area contributed by atoms with Crippen LogP contribution in [0.2, 0.25) is 0 Å². The van der Waals surface area contributed by atoms with E-state index in [4.69, 9.17) is 0 Å². The first-order valence-electron chi connectivity index (χ1n) is 6.18. The first-order valence-corrected chi connectivity index (χ1v) is 6.18. The number of benzene rings is 1. The van der Waals surface area contributed by atoms with Crippen LogP contribution >= 0.6 is 0 Å². The lowest BCUT2D eigenvalue weighted by Gasteiger charge is -2.22. The van der Waals surface area contributed by atoms with E-state index in [9.17, 15) is 0 Å². The number of hydrogen-bond donors (Lipinski definition) is 0. The van der Waals surface area contributed by atoms with Gasteiger partial charge < -0.3 is 0 Å². The van der Waals surface area contributed by atoms with Gasteiger partial charge in [-0.25, -0.2) is 0 Å². The summed E-state index contributed by atoms with van der Waals surface area (Å²) < 4.78 is 0. The molecular formula is C16H24. The van der Waals surface area contributed by atoms with Crippen LogP contribution in [-0.4, -0.2) is 0 Å². The van der Waals surface area contributed by atoms with Crippen molar-refractivity contribution in [3.63, 3.8) is 0 Å². The molecule has 0 heterocycles. The van der Waals surface area contributed by atoms with E-state index in [-0.39, 0.29) is 0 Å². The molecule has 0 aliphatic carbocycles. The van der Waals surface area contributed by atoms with Gasteiger partial charge in [0.05, 0.1) is 0 Å². The molecule has 1 unspecified atom stereocenters. The summed E-state index contributed by atoms with van der Waals surface area (Å²) in [6, 6.07) is 0. The highest BCUT2D eigenvalue weighted by atomic mass is 14.2. The molecule has 0 bridgehead atoms. The van der Waals surface area contributed by atoms with Crippen LogP contribution in [-0.2, 0) is 0 Å². The SMILES string of the molecule is C=Cc1c(C)c(C)c(C(C)CC)c(C)c1C. The fraction of sp³-hybridized carbons (Fsp3) is 0.500. The van der Waals surface area contributed by atoms with Crippen LogP contribution in [0.5, 0.6) is 0 Å². The minimum Gasteiger partial charge on any atom is -0.0984 e. The molecular weight excluding hydrogens is 192 g/mol. The van der Waals surface area contributed by atoms with Gasteiger partial charge in [0.25, 0.3) is 0 Å². The van der Waals surface area contributed by atoms with E-state index in [0.717, 1.165) is 0 Å². The van der Waals surface area contributed by atoms with E-state index in [1.54, 1.807) is 5.56 Å². The molecule has 0 amide bonds. The van der Waals surface area contributed by atoms with Crippen molar-refractivity contribution < 1.29 is 0 Å². The lowest BCUT2D eigenvalue weighted by atomic mass is 9.83. The Labute approximate surface area is 100 Å². The molecule has 0 aromatic heterocycles. The van der Waals surface area contributed by atoms with Gasteiger partial charge in [-0.2, -0.15) is 0 Å². The molecule has 0 aliphatic rings. The number of hydrogen-bond acceptors (Lipinski definition) is 0. The van der Waals surface area contributed by atoms with Crippen LogP contribution in [0.15, 0.2) is 6.58 Å². The van der Waals surface area contributed by atoms with Crippen molar-refractivity contribution >= 4 is 6.08 Å². The zero-order chi connectivity index (χ0) is 12.5. The Morgan fingerprint density at radius 2 is 1.44 bits per heavy atom. The van der Waals surface area contributed by atoms with E-state index in [2.05, 4.69) is 48.1 Å². The second kappa shape index (κ2) is 4.86. The van der Waals surface area contributed by atoms with E-state index >= 15 is 0 Å². The largest absolute Gasteiger partial charge is 0.0984 e. The molecule has 0 N–H and O–H groups in total. The Morgan fingerprint density at radius 1 is 1.00 bits per heavy atom. The third-order valence-corrected chi connectivity index (χ3v) is 4.05. The van der Waals surface area contributed by atoms with Crippen molar-refractivity contribution in [2.24, 2.45) is 0 Å². The predicted octanol–water partition coefficient (Wildman–Crippen LogP) is 5.08. The fourth-order valence-electron chi connectivity index (χ4n) is 2.62. The van der Waals surface area contributed by atoms with Crippen molar-refractivity contribution in [1.82, 2.24) is 0 Å². The van der Waals surface area contributed by atoms with Crippen LogP contribution in [0, 0.1) is 27.7 Å². The molecule has 1 aromatic rings. The van der Waals surface area contributed by atoms with Gasteiger partial charge in [0.2, 0.25) is 0 Å². The van der Waals surface area contributed by atoms with E-state index in [1.807, 2.05) is 6.08 Å². The molecule has 0 spiro atoms. The maximum atomic E-state index is 3.93. The van der Waals surface area contributed by atoms with Crippen molar-refractivity contribution in [3.8, 4) is 0 Å². The molecule has 0 nitrogen and oxygen atoms in total. The summed E-state index contributed by atoms with van der Waals surface area (Å²) >= 11 is 0. The Morgan fingerprint density at radius 3 is 1.75 bits per heavy atom. The average molecular weight is 216 g/mol. The summed E-state index contributed by atoms with van der Waals surface area (Å²) in [5.41, 5.74) is 8.56. The minimum absolute atomic E-state index is 0.649. The van der Waals surface area contributed by atoms with Gasteiger partial charge in [-0.3, -0.25) is 0 Å². The molecule has 1 rings (SSSR count). The number of rotatable bonds is 3. The van der Waals surface area contributed by atoms with Crippen molar-refractivity contribution in [2.45, 2.75) is 53.9 Å². The highest BCUT2D eigenvalue weighted by molar-refractivity contribution is 5.63. The second-order valence-electron chi connectivity index (χ2n) is 4.84. The molecule has 0 radical (unpaired) electrons. The van der Waals surface area contributed by atoms with E-state index in [0.29, 0.717) is 5.92 Å². The van der Waals surface area contributed by atoms with Crippen LogP contribution < -0.4 is 0 Å². The van der Waals surface area contributed by atoms with Gasteiger partial charge in [0.1, 0.15) is 0 Å². The monoisotopic (exact) mass is 216 g/mol. The van der Waals surface area contributed by atoms with Crippen LogP contribution in [0.25, 0.3) is 6.08 Å². The molecule has 0 heteroatoms. The Balaban J connectivity index is 3.59. The molecule has 1 aromatic carbocycles. The maximum absolute atomic E-state index is 3.93. The van der Waals surface area contributed by atoms with Gasteiger partial charge in [-0.05, 0) is 73.4 Å². The summed E-state index contributed by atoms with van der Waals surface area (Å²) in [4.78, 5) is 0. The van der Waals surface area contributed by atoms with Gasteiger partial charge in [-0.1, -0.05) is 26.5 Å². The zero-order valence-corrected chi connectivity index (χ0v) is 11.6. The zero-order valence-electron chi connectivity index (χ0n) is 11.6. The highest BCUT2D eigenvalue weighted by Crippen LogP contribution is 2.33. The molecule has 0 aliphatic heterocycles. The minimum atomic E-state index is 0.649. The smallest absolute Gasteiger partial charge is 0.0188 e. The lowest BCUT2D eigenvalue weighted by molar-refractivity contribution is 0.720. The van der Waals surface area contributed by atoms with Gasteiger partial charge in [-0.15, -0.1) is 0 Å². The first-order chi connectivity index (χ1) is 7.45. The van der Waals surface area contributed by atoms with Crippen LogP contribution in [0.4, 0.5) is 0 Å². The summed E-state index contributed by atoms with van der Waals surface area (Å²) in [6.07, 6.45) is 3.19. The Hall–Kier alpha value is -1.04. The standard InChI is InChI=1S/C16H24/c1-8-10(3)16-13(6)11(4)15(9-2)12(5)14(16)7/h9-10H,2,8H2,1,3-7H3. The third kappa shape index (κ3) is 1.93. The topological polar surface area (TPSA) is 0 Å². The summed E-state index contributed by atoms with van der Waals surface area (Å²) in [6.45, 7) is 17.4. The third-order valence-electron chi connectivity index (χ3n) is 4.05.